The standard InChI is InChI=1S/C62H98O6/c1-4-7-10-13-16-19-22-25-27-29-31-33-34-37-40-43-46-49-52-55-61(64)67-58-59(57-66-60(63)54-51-48-45-42-39-36-24-21-18-15-12-9-6-3)68-62(65)56-53-50-47-44-41-38-35-32-30-28-26-23-20-17-14-11-8-5-2/h7,9-10,12,15-16,18-19,21,24-25,27-28,30-33,35-37,39-40,59H,4-6,8,11,13-14,17,20,22-23,26,29,34,38,41-58H2,1-3H3/b10-7+,12-9+,18-15+,19-16+,24-21+,27-25+,30-28+,33-31+,35-32+,39-36+,40-37+. The molecule has 0 aliphatic carbocycles. The van der Waals surface area contributed by atoms with Gasteiger partial charge in [0.05, 0.1) is 0 Å². The van der Waals surface area contributed by atoms with E-state index in [1.165, 1.54) is 51.4 Å². The minimum Gasteiger partial charge on any atom is -0.462 e. The molecule has 1 atom stereocenters. The number of rotatable bonds is 47. The Hall–Kier alpha value is -4.45. The van der Waals surface area contributed by atoms with Gasteiger partial charge >= 0.3 is 17.9 Å². The van der Waals surface area contributed by atoms with Crippen LogP contribution in [0.1, 0.15) is 220 Å². The van der Waals surface area contributed by atoms with Gasteiger partial charge in [0.2, 0.25) is 0 Å². The van der Waals surface area contributed by atoms with Gasteiger partial charge in [-0.05, 0) is 109 Å². The second-order valence-corrected chi connectivity index (χ2v) is 17.5. The lowest BCUT2D eigenvalue weighted by molar-refractivity contribution is -0.167. The maximum atomic E-state index is 12.8. The third-order valence-corrected chi connectivity index (χ3v) is 11.0. The summed E-state index contributed by atoms with van der Waals surface area (Å²) in [5.41, 5.74) is 0. The highest BCUT2D eigenvalue weighted by Crippen LogP contribution is 2.13. The highest BCUT2D eigenvalue weighted by Gasteiger charge is 2.19. The zero-order chi connectivity index (χ0) is 49.3. The smallest absolute Gasteiger partial charge is 0.306 e. The van der Waals surface area contributed by atoms with E-state index in [0.717, 1.165) is 128 Å². The van der Waals surface area contributed by atoms with Crippen molar-refractivity contribution in [3.8, 4) is 0 Å². The molecule has 0 fully saturated rings. The van der Waals surface area contributed by atoms with Crippen LogP contribution >= 0.6 is 0 Å². The molecule has 6 heteroatoms. The maximum absolute atomic E-state index is 12.8. The largest absolute Gasteiger partial charge is 0.462 e. The predicted molar refractivity (Wildman–Crippen MR) is 292 cm³/mol. The van der Waals surface area contributed by atoms with Crippen LogP contribution in [0.2, 0.25) is 0 Å². The lowest BCUT2D eigenvalue weighted by Gasteiger charge is -2.18. The molecule has 0 rings (SSSR count). The monoisotopic (exact) mass is 939 g/mol. The number of allylic oxidation sites excluding steroid dienone is 22. The van der Waals surface area contributed by atoms with E-state index in [9.17, 15) is 14.4 Å². The fraction of sp³-hybridized carbons (Fsp3) is 0.597. The van der Waals surface area contributed by atoms with Gasteiger partial charge in [0.25, 0.3) is 0 Å². The fourth-order valence-electron chi connectivity index (χ4n) is 6.94. The van der Waals surface area contributed by atoms with Gasteiger partial charge in [-0.2, -0.15) is 0 Å². The first-order valence-corrected chi connectivity index (χ1v) is 27.3. The first-order chi connectivity index (χ1) is 33.5. The van der Waals surface area contributed by atoms with Crippen molar-refractivity contribution in [3.63, 3.8) is 0 Å². The van der Waals surface area contributed by atoms with Crippen molar-refractivity contribution < 1.29 is 28.6 Å². The van der Waals surface area contributed by atoms with Crippen LogP contribution in [0.4, 0.5) is 0 Å². The van der Waals surface area contributed by atoms with Gasteiger partial charge in [-0.3, -0.25) is 14.4 Å². The first kappa shape index (κ1) is 63.5. The summed E-state index contributed by atoms with van der Waals surface area (Å²) in [7, 11) is 0. The highest BCUT2D eigenvalue weighted by atomic mass is 16.6. The number of hydrogen-bond acceptors (Lipinski definition) is 6. The van der Waals surface area contributed by atoms with Crippen LogP contribution in [0.15, 0.2) is 134 Å². The van der Waals surface area contributed by atoms with E-state index in [1.807, 2.05) is 36.5 Å². The summed E-state index contributed by atoms with van der Waals surface area (Å²) >= 11 is 0. The maximum Gasteiger partial charge on any atom is 0.306 e. The summed E-state index contributed by atoms with van der Waals surface area (Å²) in [4.78, 5) is 38.1. The van der Waals surface area contributed by atoms with Crippen LogP contribution in [0, 0.1) is 0 Å². The Morgan fingerprint density at radius 2 is 0.647 bits per heavy atom. The Kier molecular flexibility index (Phi) is 51.5. The van der Waals surface area contributed by atoms with Gasteiger partial charge in [0.1, 0.15) is 13.2 Å². The molecule has 0 saturated carbocycles. The molecule has 0 aliphatic heterocycles. The van der Waals surface area contributed by atoms with Crippen molar-refractivity contribution in [2.24, 2.45) is 0 Å². The van der Waals surface area contributed by atoms with Crippen molar-refractivity contribution in [1.82, 2.24) is 0 Å². The summed E-state index contributed by atoms with van der Waals surface area (Å²) < 4.78 is 16.8. The van der Waals surface area contributed by atoms with Crippen molar-refractivity contribution in [2.45, 2.75) is 226 Å². The van der Waals surface area contributed by atoms with E-state index in [-0.39, 0.29) is 37.5 Å². The summed E-state index contributed by atoms with van der Waals surface area (Å²) in [6.45, 7) is 6.29. The highest BCUT2D eigenvalue weighted by molar-refractivity contribution is 5.71. The molecule has 382 valence electrons. The van der Waals surface area contributed by atoms with E-state index in [2.05, 4.69) is 118 Å². The van der Waals surface area contributed by atoms with Crippen LogP contribution in [0.3, 0.4) is 0 Å². The van der Waals surface area contributed by atoms with Gasteiger partial charge in [-0.15, -0.1) is 0 Å². The SMILES string of the molecule is CC/C=C/C=C/C=C/C=C/CCCCCC(=O)OCC(COC(=O)CCCCC/C=C/C/C=C/C/C=C/C/C=C/C/C=C/CC)OC(=O)CCCCCCC/C=C/C=C/CCCCCCCCC. The molecule has 0 bridgehead atoms. The van der Waals surface area contributed by atoms with Gasteiger partial charge in [-0.1, -0.05) is 225 Å². The molecule has 0 aliphatic rings. The summed E-state index contributed by atoms with van der Waals surface area (Å²) in [6.07, 6.45) is 77.2. The van der Waals surface area contributed by atoms with Crippen molar-refractivity contribution in [2.75, 3.05) is 13.2 Å². The molecule has 6 nitrogen and oxygen atoms in total. The average molecular weight is 939 g/mol. The lowest BCUT2D eigenvalue weighted by Crippen LogP contribution is -2.30. The fourth-order valence-corrected chi connectivity index (χ4v) is 6.94. The van der Waals surface area contributed by atoms with Crippen LogP contribution in [-0.2, 0) is 28.6 Å². The van der Waals surface area contributed by atoms with Crippen LogP contribution in [0.5, 0.6) is 0 Å². The Bertz CT molecular complexity index is 1500. The molecule has 0 aromatic rings. The van der Waals surface area contributed by atoms with Gasteiger partial charge < -0.3 is 14.2 Å². The van der Waals surface area contributed by atoms with Crippen molar-refractivity contribution in [1.29, 1.82) is 0 Å². The molecule has 0 heterocycles. The number of ether oxygens (including phenoxy) is 3. The molecule has 0 spiro atoms. The van der Waals surface area contributed by atoms with Gasteiger partial charge in [0.15, 0.2) is 6.10 Å². The minimum atomic E-state index is -0.821. The van der Waals surface area contributed by atoms with Gasteiger partial charge in [0, 0.05) is 19.3 Å². The number of carbonyl (C=O) groups is 3. The van der Waals surface area contributed by atoms with Crippen LogP contribution < -0.4 is 0 Å². The number of carbonyl (C=O) groups excluding carboxylic acids is 3. The number of hydrogen-bond donors (Lipinski definition) is 0. The van der Waals surface area contributed by atoms with Crippen LogP contribution in [0.25, 0.3) is 0 Å². The predicted octanol–water partition coefficient (Wildman–Crippen LogP) is 18.3. The van der Waals surface area contributed by atoms with E-state index >= 15 is 0 Å². The minimum absolute atomic E-state index is 0.119. The Morgan fingerprint density at radius 1 is 0.324 bits per heavy atom. The zero-order valence-corrected chi connectivity index (χ0v) is 43.6. The van der Waals surface area contributed by atoms with E-state index in [4.69, 9.17) is 14.2 Å². The van der Waals surface area contributed by atoms with E-state index in [0.29, 0.717) is 12.8 Å². The topological polar surface area (TPSA) is 78.9 Å². The Balaban J connectivity index is 4.54. The molecule has 0 aromatic heterocycles. The molecule has 0 aromatic carbocycles. The van der Waals surface area contributed by atoms with Gasteiger partial charge in [-0.25, -0.2) is 0 Å². The summed E-state index contributed by atoms with van der Waals surface area (Å²) in [5, 5.41) is 0. The molecule has 68 heavy (non-hydrogen) atoms. The van der Waals surface area contributed by atoms with Crippen molar-refractivity contribution >= 4 is 17.9 Å². The zero-order valence-electron chi connectivity index (χ0n) is 43.6. The molecule has 0 N–H and O–H groups in total. The second-order valence-electron chi connectivity index (χ2n) is 17.5. The molecular formula is C62H98O6. The van der Waals surface area contributed by atoms with Crippen molar-refractivity contribution in [3.05, 3.63) is 134 Å². The van der Waals surface area contributed by atoms with Crippen LogP contribution in [-0.4, -0.2) is 37.2 Å². The summed E-state index contributed by atoms with van der Waals surface area (Å²) in [5.74, 6) is -1.01. The number of esters is 3. The average Bonchev–Trinajstić information content (AvgIpc) is 3.34. The van der Waals surface area contributed by atoms with E-state index < -0.39 is 6.10 Å². The lowest BCUT2D eigenvalue weighted by atomic mass is 10.1. The Morgan fingerprint density at radius 3 is 1.10 bits per heavy atom. The molecule has 0 amide bonds. The molecule has 0 radical (unpaired) electrons. The molecule has 0 saturated heterocycles. The Labute approximate surface area is 417 Å². The first-order valence-electron chi connectivity index (χ1n) is 27.3. The second kappa shape index (κ2) is 55.1. The normalized spacial score (nSPS) is 13.2. The third kappa shape index (κ3) is 52.5. The molecule has 1 unspecified atom stereocenters. The quantitative estimate of drug-likeness (QED) is 0.0199. The summed E-state index contributed by atoms with van der Waals surface area (Å²) in [6, 6.07) is 0. The number of unbranched alkanes of at least 4 members (excludes halogenated alkanes) is 18. The van der Waals surface area contributed by atoms with E-state index in [1.54, 1.807) is 0 Å². The molecular weight excluding hydrogens is 841 g/mol. The third-order valence-electron chi connectivity index (χ3n) is 11.0.